The van der Waals surface area contributed by atoms with Crippen LogP contribution in [-0.4, -0.2) is 24.4 Å². The van der Waals surface area contributed by atoms with E-state index in [2.05, 4.69) is 21.5 Å². The van der Waals surface area contributed by atoms with E-state index in [1.807, 2.05) is 30.3 Å². The third-order valence-corrected chi connectivity index (χ3v) is 4.15. The van der Waals surface area contributed by atoms with Crippen molar-refractivity contribution in [3.05, 3.63) is 65.5 Å². The Labute approximate surface area is 153 Å². The minimum atomic E-state index is -1.68. The molecule has 0 radical (unpaired) electrons. The molecule has 0 spiro atoms. The molecule has 1 fully saturated rings. The molecule has 0 aromatic heterocycles. The summed E-state index contributed by atoms with van der Waals surface area (Å²) in [5, 5.41) is 4.51. The summed E-state index contributed by atoms with van der Waals surface area (Å²) in [5.74, 6) is -5.71. The zero-order valence-corrected chi connectivity index (χ0v) is 14.1. The lowest BCUT2D eigenvalue weighted by molar-refractivity contribution is -0.125. The smallest absolute Gasteiger partial charge is 0.243 e. The number of benzene rings is 2. The van der Waals surface area contributed by atoms with Crippen LogP contribution in [0.25, 0.3) is 0 Å². The van der Waals surface area contributed by atoms with Crippen LogP contribution in [0.4, 0.5) is 18.9 Å². The normalized spacial score (nSPS) is 18.9. The summed E-state index contributed by atoms with van der Waals surface area (Å²) in [4.78, 5) is 24.0. The number of hydrazine groups is 1. The molecule has 0 bridgehead atoms. The zero-order chi connectivity index (χ0) is 19.4. The van der Waals surface area contributed by atoms with Gasteiger partial charge in [-0.05, 0) is 24.1 Å². The summed E-state index contributed by atoms with van der Waals surface area (Å²) >= 11 is 0. The predicted molar refractivity (Wildman–Crippen MR) is 91.8 cm³/mol. The van der Waals surface area contributed by atoms with Crippen LogP contribution in [0.5, 0.6) is 0 Å². The third kappa shape index (κ3) is 4.44. The zero-order valence-electron chi connectivity index (χ0n) is 14.1. The van der Waals surface area contributed by atoms with Crippen molar-refractivity contribution in [2.75, 3.05) is 11.9 Å². The molecule has 2 atom stereocenters. The Hall–Kier alpha value is -2.91. The second kappa shape index (κ2) is 8.19. The van der Waals surface area contributed by atoms with Crippen LogP contribution in [0.2, 0.25) is 0 Å². The number of nitrogens with one attached hydrogen (secondary N) is 4. The Bertz CT molecular complexity index is 848. The molecule has 2 unspecified atom stereocenters. The molecule has 1 saturated heterocycles. The first-order valence-corrected chi connectivity index (χ1v) is 8.22. The second-order valence-electron chi connectivity index (χ2n) is 6.03. The van der Waals surface area contributed by atoms with Crippen molar-refractivity contribution in [3.8, 4) is 0 Å². The molecule has 2 amide bonds. The molecule has 0 saturated carbocycles. The number of carbonyl (C=O) groups is 2. The fourth-order valence-corrected chi connectivity index (χ4v) is 2.74. The van der Waals surface area contributed by atoms with Gasteiger partial charge in [0.15, 0.2) is 17.5 Å². The summed E-state index contributed by atoms with van der Waals surface area (Å²) in [6.45, 7) is -0.439. The van der Waals surface area contributed by atoms with E-state index in [4.69, 9.17) is 0 Å². The van der Waals surface area contributed by atoms with E-state index in [9.17, 15) is 22.8 Å². The Morgan fingerprint density at radius 2 is 1.74 bits per heavy atom. The topological polar surface area (TPSA) is 82.3 Å². The van der Waals surface area contributed by atoms with Gasteiger partial charge in [0.2, 0.25) is 11.8 Å². The maximum Gasteiger partial charge on any atom is 0.243 e. The summed E-state index contributed by atoms with van der Waals surface area (Å²) < 4.78 is 39.6. The highest BCUT2D eigenvalue weighted by molar-refractivity contribution is 5.95. The number of carbonyl (C=O) groups excluding carboxylic acids is 2. The van der Waals surface area contributed by atoms with Crippen molar-refractivity contribution in [3.63, 3.8) is 0 Å². The van der Waals surface area contributed by atoms with E-state index in [1.54, 1.807) is 0 Å². The SMILES string of the molecule is O=C(CNC(=O)C1CC(c2ccccc2)NN1)Nc1ccc(F)c(F)c1F. The lowest BCUT2D eigenvalue weighted by Gasteiger charge is -2.11. The lowest BCUT2D eigenvalue weighted by Crippen LogP contribution is -2.45. The van der Waals surface area contributed by atoms with Crippen molar-refractivity contribution in [2.24, 2.45) is 0 Å². The maximum atomic E-state index is 13.5. The lowest BCUT2D eigenvalue weighted by atomic mass is 10.0. The Morgan fingerprint density at radius 3 is 2.48 bits per heavy atom. The molecule has 142 valence electrons. The number of amides is 2. The number of hydrogen-bond acceptors (Lipinski definition) is 4. The first kappa shape index (κ1) is 18.9. The minimum Gasteiger partial charge on any atom is -0.346 e. The van der Waals surface area contributed by atoms with Gasteiger partial charge in [-0.3, -0.25) is 9.59 Å². The highest BCUT2D eigenvalue weighted by Gasteiger charge is 2.30. The molecule has 6 nitrogen and oxygen atoms in total. The van der Waals surface area contributed by atoms with Crippen LogP contribution < -0.4 is 21.5 Å². The van der Waals surface area contributed by atoms with Crippen LogP contribution in [0.3, 0.4) is 0 Å². The monoisotopic (exact) mass is 378 g/mol. The van der Waals surface area contributed by atoms with E-state index >= 15 is 0 Å². The molecule has 1 aliphatic rings. The number of rotatable bonds is 5. The average molecular weight is 378 g/mol. The third-order valence-electron chi connectivity index (χ3n) is 4.15. The van der Waals surface area contributed by atoms with E-state index in [0.717, 1.165) is 11.6 Å². The van der Waals surface area contributed by atoms with Crippen molar-refractivity contribution in [1.82, 2.24) is 16.2 Å². The molecule has 3 rings (SSSR count). The van der Waals surface area contributed by atoms with E-state index in [1.165, 1.54) is 0 Å². The Kier molecular flexibility index (Phi) is 5.72. The predicted octanol–water partition coefficient (Wildman–Crippen LogP) is 1.77. The van der Waals surface area contributed by atoms with E-state index in [0.29, 0.717) is 12.5 Å². The highest BCUT2D eigenvalue weighted by atomic mass is 19.2. The van der Waals surface area contributed by atoms with Crippen LogP contribution in [0, 0.1) is 17.5 Å². The first-order valence-electron chi connectivity index (χ1n) is 8.22. The molecule has 1 heterocycles. The quantitative estimate of drug-likeness (QED) is 0.598. The van der Waals surface area contributed by atoms with Gasteiger partial charge in [-0.1, -0.05) is 30.3 Å². The number of halogens is 3. The first-order chi connectivity index (χ1) is 13.0. The number of anilines is 1. The largest absolute Gasteiger partial charge is 0.346 e. The number of hydrogen-bond donors (Lipinski definition) is 4. The van der Waals surface area contributed by atoms with Gasteiger partial charge in [-0.15, -0.1) is 0 Å². The van der Waals surface area contributed by atoms with Crippen molar-refractivity contribution < 1.29 is 22.8 Å². The van der Waals surface area contributed by atoms with Gasteiger partial charge in [0.1, 0.15) is 6.04 Å². The summed E-state index contributed by atoms with van der Waals surface area (Å²) in [7, 11) is 0. The molecule has 9 heteroatoms. The molecule has 1 aliphatic heterocycles. The Balaban J connectivity index is 1.49. The minimum absolute atomic E-state index is 0.0490. The second-order valence-corrected chi connectivity index (χ2v) is 6.03. The molecule has 2 aromatic rings. The van der Waals surface area contributed by atoms with Gasteiger partial charge in [-0.25, -0.2) is 24.0 Å². The van der Waals surface area contributed by atoms with Gasteiger partial charge in [0, 0.05) is 6.04 Å². The summed E-state index contributed by atoms with van der Waals surface area (Å²) in [6, 6.07) is 10.6. The van der Waals surface area contributed by atoms with Crippen molar-refractivity contribution in [2.45, 2.75) is 18.5 Å². The van der Waals surface area contributed by atoms with Crippen LogP contribution >= 0.6 is 0 Å². The molecule has 4 N–H and O–H groups in total. The van der Waals surface area contributed by atoms with Gasteiger partial charge < -0.3 is 10.6 Å². The maximum absolute atomic E-state index is 13.5. The average Bonchev–Trinajstić information content (AvgIpc) is 3.18. The molecule has 27 heavy (non-hydrogen) atoms. The summed E-state index contributed by atoms with van der Waals surface area (Å²) in [5.41, 5.74) is 6.39. The molecular weight excluding hydrogens is 361 g/mol. The van der Waals surface area contributed by atoms with Crippen molar-refractivity contribution in [1.29, 1.82) is 0 Å². The Morgan fingerprint density at radius 1 is 1.00 bits per heavy atom. The van der Waals surface area contributed by atoms with Crippen LogP contribution in [0.15, 0.2) is 42.5 Å². The molecule has 0 aliphatic carbocycles. The van der Waals surface area contributed by atoms with E-state index < -0.39 is 47.5 Å². The van der Waals surface area contributed by atoms with Crippen LogP contribution in [0.1, 0.15) is 18.0 Å². The highest BCUT2D eigenvalue weighted by Crippen LogP contribution is 2.22. The standard InChI is InChI=1S/C18H17F3N4O2/c19-11-6-7-12(17(21)16(11)20)23-15(26)9-22-18(27)14-8-13(24-25-14)10-4-2-1-3-5-10/h1-7,13-14,24-25H,8-9H2,(H,22,27)(H,23,26). The fraction of sp³-hybridized carbons (Fsp3) is 0.222. The van der Waals surface area contributed by atoms with Gasteiger partial charge in [-0.2, -0.15) is 0 Å². The van der Waals surface area contributed by atoms with Crippen LogP contribution in [-0.2, 0) is 9.59 Å². The van der Waals surface area contributed by atoms with Gasteiger partial charge in [0.25, 0.3) is 0 Å². The summed E-state index contributed by atoms with van der Waals surface area (Å²) in [6.07, 6.45) is 0.481. The van der Waals surface area contributed by atoms with E-state index in [-0.39, 0.29) is 6.04 Å². The molecular formula is C18H17F3N4O2. The van der Waals surface area contributed by atoms with Gasteiger partial charge in [0.05, 0.1) is 12.2 Å². The fourth-order valence-electron chi connectivity index (χ4n) is 2.74. The van der Waals surface area contributed by atoms with Crippen molar-refractivity contribution >= 4 is 17.5 Å². The van der Waals surface area contributed by atoms with Gasteiger partial charge >= 0.3 is 0 Å². The molecule has 2 aromatic carbocycles.